The van der Waals surface area contributed by atoms with Crippen molar-refractivity contribution in [3.63, 3.8) is 0 Å². The Kier molecular flexibility index (Phi) is 3.81. The first-order chi connectivity index (χ1) is 4.18. The van der Waals surface area contributed by atoms with Gasteiger partial charge in [0.05, 0.1) is 8.07 Å². The molecular weight excluding hydrogens is 140 g/mol. The van der Waals surface area contributed by atoms with Crippen molar-refractivity contribution >= 4 is 18.3 Å². The molecule has 52 valence electrons. The minimum atomic E-state index is -1.13. The van der Waals surface area contributed by atoms with Crippen LogP contribution in [0.25, 0.3) is 0 Å². The van der Waals surface area contributed by atoms with E-state index in [2.05, 4.69) is 31.1 Å². The van der Waals surface area contributed by atoms with Crippen molar-refractivity contribution in [1.29, 1.82) is 0 Å². The summed E-state index contributed by atoms with van der Waals surface area (Å²) in [7, 11) is 0.183. The van der Waals surface area contributed by atoms with Crippen LogP contribution >= 0.6 is 0 Å². The minimum Gasteiger partial charge on any atom is -0.107 e. The fourth-order valence-electron chi connectivity index (χ4n) is 0.826. The molecule has 2 heteroatoms. The van der Waals surface area contributed by atoms with Crippen LogP contribution in [-0.4, -0.2) is 18.3 Å². The van der Waals surface area contributed by atoms with Crippen molar-refractivity contribution in [3.8, 4) is 0 Å². The maximum Gasteiger partial charge on any atom is 0.0970 e. The van der Waals surface area contributed by atoms with Crippen LogP contribution in [0, 0.1) is 0 Å². The summed E-state index contributed by atoms with van der Waals surface area (Å²) in [4.78, 5) is 0. The Morgan fingerprint density at radius 1 is 1.44 bits per heavy atom. The molecule has 0 aromatic carbocycles. The molecule has 0 unspecified atom stereocenters. The van der Waals surface area contributed by atoms with E-state index in [1.807, 2.05) is 0 Å². The van der Waals surface area contributed by atoms with E-state index in [-0.39, 0.29) is 0 Å². The highest BCUT2D eigenvalue weighted by molar-refractivity contribution is 6.88. The molecule has 0 bridgehead atoms. The normalized spacial score (nSPS) is 11.2. The summed E-state index contributed by atoms with van der Waals surface area (Å²) in [6.45, 7) is 9.97. The van der Waals surface area contributed by atoms with E-state index in [0.717, 1.165) is 0 Å². The summed E-state index contributed by atoms with van der Waals surface area (Å²) < 4.78 is 0. The molecule has 0 nitrogen and oxygen atoms in total. The molecule has 0 radical (unpaired) electrons. The molecule has 0 aromatic rings. The molecule has 0 saturated heterocycles. The Morgan fingerprint density at radius 2 is 1.89 bits per heavy atom. The standard InChI is InChI=1S/C7H16Si2/c1-4-9(3,5-2)7-6-8/h4-5H,1-2,6-7H2,3,8H3. The van der Waals surface area contributed by atoms with Gasteiger partial charge in [-0.25, -0.2) is 0 Å². The number of hydrogen-bond acceptors (Lipinski definition) is 0. The summed E-state index contributed by atoms with van der Waals surface area (Å²) in [5.41, 5.74) is 4.25. The molecule has 0 heterocycles. The molecule has 0 aliphatic carbocycles. The molecule has 0 aromatic heterocycles. The summed E-state index contributed by atoms with van der Waals surface area (Å²) >= 11 is 0. The van der Waals surface area contributed by atoms with Gasteiger partial charge in [0.1, 0.15) is 0 Å². The van der Waals surface area contributed by atoms with Crippen LogP contribution < -0.4 is 0 Å². The molecule has 9 heavy (non-hydrogen) atoms. The van der Waals surface area contributed by atoms with Gasteiger partial charge in [0.2, 0.25) is 0 Å². The first kappa shape index (κ1) is 8.91. The molecular formula is C7H16Si2. The second-order valence-corrected chi connectivity index (χ2v) is 7.99. The average Bonchev–Trinajstić information content (AvgIpc) is 1.89. The van der Waals surface area contributed by atoms with Crippen LogP contribution in [-0.2, 0) is 0 Å². The summed E-state index contributed by atoms with van der Waals surface area (Å²) in [6.07, 6.45) is 0. The van der Waals surface area contributed by atoms with Crippen molar-refractivity contribution in [2.24, 2.45) is 0 Å². The van der Waals surface area contributed by atoms with Crippen molar-refractivity contribution < 1.29 is 0 Å². The number of rotatable bonds is 4. The first-order valence-electron chi connectivity index (χ1n) is 3.45. The Balaban J connectivity index is 3.91. The molecule has 0 aliphatic rings. The fraction of sp³-hybridized carbons (Fsp3) is 0.429. The zero-order valence-electron chi connectivity index (χ0n) is 6.48. The topological polar surface area (TPSA) is 0 Å². The van der Waals surface area contributed by atoms with E-state index in [4.69, 9.17) is 0 Å². The van der Waals surface area contributed by atoms with E-state index < -0.39 is 8.07 Å². The maximum absolute atomic E-state index is 3.83. The van der Waals surface area contributed by atoms with E-state index in [1.165, 1.54) is 22.3 Å². The van der Waals surface area contributed by atoms with Crippen molar-refractivity contribution in [2.45, 2.75) is 18.6 Å². The van der Waals surface area contributed by atoms with Gasteiger partial charge in [-0.15, -0.1) is 13.2 Å². The highest BCUT2D eigenvalue weighted by Crippen LogP contribution is 2.12. The van der Waals surface area contributed by atoms with Gasteiger partial charge >= 0.3 is 0 Å². The molecule has 0 fully saturated rings. The lowest BCUT2D eigenvalue weighted by Gasteiger charge is -2.15. The minimum absolute atomic E-state index is 1.13. The van der Waals surface area contributed by atoms with Gasteiger partial charge in [0.15, 0.2) is 0 Å². The monoisotopic (exact) mass is 156 g/mol. The van der Waals surface area contributed by atoms with Gasteiger partial charge in [0.25, 0.3) is 0 Å². The Morgan fingerprint density at radius 3 is 2.00 bits per heavy atom. The largest absolute Gasteiger partial charge is 0.107 e. The highest BCUT2D eigenvalue weighted by Gasteiger charge is 2.15. The average molecular weight is 156 g/mol. The second-order valence-electron chi connectivity index (χ2n) is 2.66. The quantitative estimate of drug-likeness (QED) is 0.538. The van der Waals surface area contributed by atoms with E-state index in [1.54, 1.807) is 0 Å². The van der Waals surface area contributed by atoms with E-state index >= 15 is 0 Å². The number of hydrogen-bond donors (Lipinski definition) is 0. The molecule has 0 N–H and O–H groups in total. The van der Waals surface area contributed by atoms with Crippen molar-refractivity contribution in [3.05, 3.63) is 24.6 Å². The van der Waals surface area contributed by atoms with Gasteiger partial charge in [-0.3, -0.25) is 0 Å². The van der Waals surface area contributed by atoms with E-state index in [0.29, 0.717) is 0 Å². The Hall–Kier alpha value is -0.0862. The lowest BCUT2D eigenvalue weighted by atomic mass is 10.9. The van der Waals surface area contributed by atoms with Crippen LogP contribution in [0.5, 0.6) is 0 Å². The predicted octanol–water partition coefficient (Wildman–Crippen LogP) is 1.30. The van der Waals surface area contributed by atoms with Crippen LogP contribution in [0.3, 0.4) is 0 Å². The van der Waals surface area contributed by atoms with Crippen LogP contribution in [0.15, 0.2) is 24.6 Å². The third kappa shape index (κ3) is 2.82. The first-order valence-corrected chi connectivity index (χ1v) is 7.73. The lowest BCUT2D eigenvalue weighted by molar-refractivity contribution is 1.38. The third-order valence-electron chi connectivity index (χ3n) is 1.72. The summed E-state index contributed by atoms with van der Waals surface area (Å²) in [6, 6.07) is 2.74. The zero-order valence-corrected chi connectivity index (χ0v) is 9.48. The Bertz CT molecular complexity index is 99.5. The van der Waals surface area contributed by atoms with Crippen LogP contribution in [0.2, 0.25) is 18.6 Å². The van der Waals surface area contributed by atoms with E-state index in [9.17, 15) is 0 Å². The molecule has 0 rings (SSSR count). The van der Waals surface area contributed by atoms with Gasteiger partial charge in [-0.1, -0.05) is 30.0 Å². The molecule has 0 spiro atoms. The second kappa shape index (κ2) is 3.85. The van der Waals surface area contributed by atoms with Crippen LogP contribution in [0.1, 0.15) is 0 Å². The summed E-state index contributed by atoms with van der Waals surface area (Å²) in [5.74, 6) is 0. The van der Waals surface area contributed by atoms with Gasteiger partial charge in [0, 0.05) is 10.2 Å². The molecule has 0 saturated carbocycles. The van der Waals surface area contributed by atoms with Crippen LogP contribution in [0.4, 0.5) is 0 Å². The van der Waals surface area contributed by atoms with Gasteiger partial charge in [-0.05, 0) is 0 Å². The fourth-order valence-corrected chi connectivity index (χ4v) is 5.71. The highest BCUT2D eigenvalue weighted by atomic mass is 28.3. The van der Waals surface area contributed by atoms with Crippen molar-refractivity contribution in [1.82, 2.24) is 0 Å². The molecule has 0 aliphatic heterocycles. The SMILES string of the molecule is C=C[Si](C)(C=C)CC[SiH3]. The molecule has 0 amide bonds. The van der Waals surface area contributed by atoms with Crippen molar-refractivity contribution in [2.75, 3.05) is 0 Å². The maximum atomic E-state index is 3.83. The van der Waals surface area contributed by atoms with Gasteiger partial charge < -0.3 is 0 Å². The summed E-state index contributed by atoms with van der Waals surface area (Å²) in [5, 5.41) is 0. The lowest BCUT2D eigenvalue weighted by Crippen LogP contribution is -2.23. The van der Waals surface area contributed by atoms with Gasteiger partial charge in [-0.2, -0.15) is 0 Å². The smallest absolute Gasteiger partial charge is 0.0970 e. The zero-order chi connectivity index (χ0) is 7.33. The third-order valence-corrected chi connectivity index (χ3v) is 6.66. The molecule has 0 atom stereocenters. The Labute approximate surface area is 62.1 Å². The predicted molar refractivity (Wildman–Crippen MR) is 51.6 cm³/mol.